The number of thioether (sulfide) groups is 1. The van der Waals surface area contributed by atoms with Gasteiger partial charge in [-0.15, -0.1) is 11.8 Å². The fraction of sp³-hybridized carbons (Fsp3) is 0.488. The molecule has 0 aromatic heterocycles. The predicted octanol–water partition coefficient (Wildman–Crippen LogP) is 6.45. The van der Waals surface area contributed by atoms with Gasteiger partial charge in [0.2, 0.25) is 5.91 Å². The smallest absolute Gasteiger partial charge is 0.318 e. The van der Waals surface area contributed by atoms with Crippen molar-refractivity contribution in [2.75, 3.05) is 25.4 Å². The molecule has 0 radical (unpaired) electrons. The topological polar surface area (TPSA) is 109 Å². The van der Waals surface area contributed by atoms with Gasteiger partial charge in [0.25, 0.3) is 5.91 Å². The molecule has 0 saturated carbocycles. The van der Waals surface area contributed by atoms with E-state index in [2.05, 4.69) is 35.0 Å². The Hall–Kier alpha value is -4.02. The van der Waals surface area contributed by atoms with Crippen LogP contribution in [0.15, 0.2) is 78.9 Å². The molecular formula is C41H56N4O5S. The maximum Gasteiger partial charge on any atom is 0.318 e. The highest BCUT2D eigenvalue weighted by Crippen LogP contribution is 2.24. The number of carbonyl (C=O) groups is 3. The molecule has 276 valence electrons. The normalized spacial score (nSPS) is 16.1. The maximum atomic E-state index is 14.2. The molecule has 4 rings (SSSR count). The van der Waals surface area contributed by atoms with Crippen LogP contribution in [0.5, 0.6) is 5.75 Å². The minimum Gasteiger partial charge on any atom is -0.483 e. The van der Waals surface area contributed by atoms with Crippen molar-refractivity contribution in [2.45, 2.75) is 96.9 Å². The fourth-order valence-electron chi connectivity index (χ4n) is 6.77. The van der Waals surface area contributed by atoms with Crippen LogP contribution in [0, 0.1) is 19.8 Å². The highest BCUT2D eigenvalue weighted by molar-refractivity contribution is 7.99. The lowest BCUT2D eigenvalue weighted by Gasteiger charge is -2.38. The molecule has 0 bridgehead atoms. The van der Waals surface area contributed by atoms with Gasteiger partial charge in [0.15, 0.2) is 6.61 Å². The van der Waals surface area contributed by atoms with Gasteiger partial charge >= 0.3 is 6.03 Å². The summed E-state index contributed by atoms with van der Waals surface area (Å²) in [5, 5.41) is 9.52. The second-order valence-electron chi connectivity index (χ2n) is 13.7. The summed E-state index contributed by atoms with van der Waals surface area (Å²) in [7, 11) is 0. The highest BCUT2D eigenvalue weighted by Gasteiger charge is 2.36. The number of carbonyl (C=O) groups excluding carboxylic acids is 3. The molecule has 3 aromatic rings. The summed E-state index contributed by atoms with van der Waals surface area (Å²) in [6.07, 6.45) is 1.83. The molecule has 4 amide bonds. The minimum atomic E-state index is -0.626. The van der Waals surface area contributed by atoms with Gasteiger partial charge in [0.1, 0.15) is 17.2 Å². The monoisotopic (exact) mass is 716 g/mol. The number of aryl methyl sites for hydroxylation is 2. The van der Waals surface area contributed by atoms with Crippen molar-refractivity contribution in [3.8, 4) is 5.75 Å². The lowest BCUT2D eigenvalue weighted by molar-refractivity contribution is -0.129. The fourth-order valence-corrected chi connectivity index (χ4v) is 7.46. The molecule has 1 aliphatic heterocycles. The van der Waals surface area contributed by atoms with Crippen LogP contribution in [-0.4, -0.2) is 77.9 Å². The number of hydrogen-bond acceptors (Lipinski definition) is 6. The molecule has 0 spiro atoms. The second-order valence-corrected chi connectivity index (χ2v) is 15.2. The van der Waals surface area contributed by atoms with Crippen LogP contribution in [0.4, 0.5) is 4.79 Å². The van der Waals surface area contributed by atoms with E-state index in [0.717, 1.165) is 34.4 Å². The largest absolute Gasteiger partial charge is 0.483 e. The molecule has 1 saturated heterocycles. The first-order valence-electron chi connectivity index (χ1n) is 18.2. The molecule has 3 aromatic carbocycles. The molecule has 1 heterocycles. The third kappa shape index (κ3) is 12.3. The van der Waals surface area contributed by atoms with Gasteiger partial charge < -0.3 is 30.3 Å². The number of urea groups is 1. The molecule has 2 unspecified atom stereocenters. The zero-order valence-corrected chi connectivity index (χ0v) is 31.8. The Labute approximate surface area is 308 Å². The SMILES string of the molecule is CCSC(C)O[C@@H](C[C@H](Cc1ccccc1)NC(=O)C(C(C)C)N1CCCNC1=O)[C@H](Cc1ccccc1)NC(=O)COc1c(C)cccc1C. The van der Waals surface area contributed by atoms with E-state index in [-0.39, 0.29) is 41.8 Å². The van der Waals surface area contributed by atoms with Crippen molar-refractivity contribution < 1.29 is 23.9 Å². The number of para-hydroxylation sites is 1. The van der Waals surface area contributed by atoms with E-state index in [0.29, 0.717) is 38.1 Å². The third-order valence-corrected chi connectivity index (χ3v) is 10.1. The van der Waals surface area contributed by atoms with Crippen LogP contribution in [0.25, 0.3) is 0 Å². The van der Waals surface area contributed by atoms with Crippen molar-refractivity contribution >= 4 is 29.6 Å². The van der Waals surface area contributed by atoms with E-state index in [1.807, 2.05) is 101 Å². The van der Waals surface area contributed by atoms with Crippen LogP contribution in [0.2, 0.25) is 0 Å². The van der Waals surface area contributed by atoms with E-state index in [1.165, 1.54) is 0 Å². The number of amides is 4. The lowest BCUT2D eigenvalue weighted by Crippen LogP contribution is -2.59. The standard InChI is InChI=1S/C41H56N4O5S/c1-7-51-31(6)50-36(35(25-33-20-12-9-13-21-33)44-37(46)27-49-39-29(4)16-14-17-30(39)5)26-34(24-32-18-10-8-11-19-32)43-40(47)38(28(2)3)45-23-15-22-42-41(45)48/h8-14,16-21,28,31,34-36,38H,7,15,22-27H2,1-6H3,(H,42,48)(H,43,47)(H,44,46)/t31?,34-,35-,36-,38?/m0/s1. The quantitative estimate of drug-likeness (QED) is 0.123. The van der Waals surface area contributed by atoms with E-state index < -0.39 is 18.2 Å². The van der Waals surface area contributed by atoms with Gasteiger partial charge in [-0.05, 0) is 80.4 Å². The number of nitrogens with one attached hydrogen (secondary N) is 3. The van der Waals surface area contributed by atoms with E-state index in [4.69, 9.17) is 9.47 Å². The van der Waals surface area contributed by atoms with Crippen molar-refractivity contribution in [1.82, 2.24) is 20.9 Å². The van der Waals surface area contributed by atoms with Crippen molar-refractivity contribution in [3.63, 3.8) is 0 Å². The Kier molecular flexibility index (Phi) is 15.7. The Morgan fingerprint density at radius 3 is 2.10 bits per heavy atom. The average molecular weight is 717 g/mol. The van der Waals surface area contributed by atoms with Gasteiger partial charge in [0, 0.05) is 19.1 Å². The maximum absolute atomic E-state index is 14.2. The van der Waals surface area contributed by atoms with Crippen LogP contribution in [0.3, 0.4) is 0 Å². The Balaban J connectivity index is 1.65. The van der Waals surface area contributed by atoms with E-state index in [9.17, 15) is 14.4 Å². The summed E-state index contributed by atoms with van der Waals surface area (Å²) in [5.74, 6) is 1.04. The Bertz CT molecular complexity index is 1520. The molecule has 3 N–H and O–H groups in total. The summed E-state index contributed by atoms with van der Waals surface area (Å²) < 4.78 is 12.9. The van der Waals surface area contributed by atoms with Crippen LogP contribution in [-0.2, 0) is 27.2 Å². The highest BCUT2D eigenvalue weighted by atomic mass is 32.2. The van der Waals surface area contributed by atoms with Crippen LogP contribution < -0.4 is 20.7 Å². The zero-order chi connectivity index (χ0) is 36.8. The number of rotatable bonds is 19. The number of hydrogen-bond donors (Lipinski definition) is 3. The van der Waals surface area contributed by atoms with Crippen LogP contribution in [0.1, 0.15) is 62.8 Å². The molecule has 0 aliphatic carbocycles. The predicted molar refractivity (Wildman–Crippen MR) is 206 cm³/mol. The first kappa shape index (κ1) is 39.8. The Morgan fingerprint density at radius 2 is 1.51 bits per heavy atom. The zero-order valence-electron chi connectivity index (χ0n) is 31.0. The Morgan fingerprint density at radius 1 is 0.882 bits per heavy atom. The first-order valence-corrected chi connectivity index (χ1v) is 19.3. The van der Waals surface area contributed by atoms with Gasteiger partial charge in [-0.2, -0.15) is 0 Å². The van der Waals surface area contributed by atoms with E-state index in [1.54, 1.807) is 16.7 Å². The van der Waals surface area contributed by atoms with Crippen molar-refractivity contribution in [1.29, 1.82) is 0 Å². The average Bonchev–Trinajstić information content (AvgIpc) is 3.09. The van der Waals surface area contributed by atoms with Gasteiger partial charge in [-0.3, -0.25) is 9.59 Å². The molecular weight excluding hydrogens is 661 g/mol. The molecule has 10 heteroatoms. The first-order chi connectivity index (χ1) is 24.5. The summed E-state index contributed by atoms with van der Waals surface area (Å²) in [4.78, 5) is 42.4. The van der Waals surface area contributed by atoms with Gasteiger partial charge in [-0.1, -0.05) is 99.6 Å². The molecule has 51 heavy (non-hydrogen) atoms. The minimum absolute atomic E-state index is 0.0961. The number of benzene rings is 3. The molecule has 5 atom stereocenters. The van der Waals surface area contributed by atoms with Crippen molar-refractivity contribution in [2.24, 2.45) is 5.92 Å². The molecule has 9 nitrogen and oxygen atoms in total. The van der Waals surface area contributed by atoms with Gasteiger partial charge in [0.05, 0.1) is 12.1 Å². The molecule has 1 fully saturated rings. The second kappa shape index (κ2) is 20.1. The third-order valence-electron chi connectivity index (χ3n) is 9.15. The lowest BCUT2D eigenvalue weighted by atomic mass is 9.92. The van der Waals surface area contributed by atoms with Crippen LogP contribution >= 0.6 is 11.8 Å². The number of nitrogens with zero attached hydrogens (tertiary/aromatic N) is 1. The summed E-state index contributed by atoms with van der Waals surface area (Å²) in [6.45, 7) is 13.0. The summed E-state index contributed by atoms with van der Waals surface area (Å²) >= 11 is 1.69. The van der Waals surface area contributed by atoms with Gasteiger partial charge in [-0.25, -0.2) is 4.79 Å². The number of ether oxygens (including phenoxy) is 2. The molecule has 1 aliphatic rings. The van der Waals surface area contributed by atoms with E-state index >= 15 is 0 Å². The summed E-state index contributed by atoms with van der Waals surface area (Å²) in [6, 6.07) is 24.4. The summed E-state index contributed by atoms with van der Waals surface area (Å²) in [5.41, 5.74) is 3.91. The van der Waals surface area contributed by atoms with Crippen molar-refractivity contribution in [3.05, 3.63) is 101 Å².